The number of nitrogens with zero attached hydrogens (tertiary/aromatic N) is 1. The SMILES string of the molecule is CCN(C(=O)CONC(=O)C(C)(C)c1ccccc1)c1cccc2ccccc12. The normalized spacial score (nSPS) is 11.3. The van der Waals surface area contributed by atoms with Crippen LogP contribution >= 0.6 is 0 Å². The van der Waals surface area contributed by atoms with Crippen molar-refractivity contribution in [3.05, 3.63) is 78.4 Å². The first kappa shape index (κ1) is 20.6. The lowest BCUT2D eigenvalue weighted by Crippen LogP contribution is -2.42. The lowest BCUT2D eigenvalue weighted by Gasteiger charge is -2.25. The fraction of sp³-hybridized carbons (Fsp3) is 0.250. The summed E-state index contributed by atoms with van der Waals surface area (Å²) in [4.78, 5) is 32.3. The smallest absolute Gasteiger partial charge is 0.255 e. The maximum Gasteiger partial charge on any atom is 0.255 e. The van der Waals surface area contributed by atoms with Crippen LogP contribution in [0.1, 0.15) is 26.3 Å². The number of carbonyl (C=O) groups is 2. The summed E-state index contributed by atoms with van der Waals surface area (Å²) in [6.45, 7) is 5.80. The van der Waals surface area contributed by atoms with E-state index in [1.807, 2.05) is 93.6 Å². The number of nitrogens with one attached hydrogen (secondary N) is 1. The van der Waals surface area contributed by atoms with Crippen molar-refractivity contribution in [2.75, 3.05) is 18.1 Å². The summed E-state index contributed by atoms with van der Waals surface area (Å²) in [7, 11) is 0. The van der Waals surface area contributed by atoms with Crippen LogP contribution < -0.4 is 10.4 Å². The molecule has 0 atom stereocenters. The first-order valence-corrected chi connectivity index (χ1v) is 9.71. The van der Waals surface area contributed by atoms with Crippen LogP contribution in [-0.2, 0) is 19.8 Å². The highest BCUT2D eigenvalue weighted by atomic mass is 16.7. The quantitative estimate of drug-likeness (QED) is 0.615. The van der Waals surface area contributed by atoms with Crippen LogP contribution in [-0.4, -0.2) is 25.0 Å². The van der Waals surface area contributed by atoms with Gasteiger partial charge in [-0.05, 0) is 37.8 Å². The van der Waals surface area contributed by atoms with Crippen LogP contribution in [0.15, 0.2) is 72.8 Å². The molecule has 29 heavy (non-hydrogen) atoms. The highest BCUT2D eigenvalue weighted by molar-refractivity contribution is 6.04. The van der Waals surface area contributed by atoms with Crippen molar-refractivity contribution in [2.45, 2.75) is 26.2 Å². The number of carbonyl (C=O) groups excluding carboxylic acids is 2. The molecule has 5 heteroatoms. The number of anilines is 1. The van der Waals surface area contributed by atoms with E-state index in [0.29, 0.717) is 6.54 Å². The topological polar surface area (TPSA) is 58.6 Å². The van der Waals surface area contributed by atoms with Gasteiger partial charge in [0.1, 0.15) is 0 Å². The van der Waals surface area contributed by atoms with Gasteiger partial charge in [0.15, 0.2) is 6.61 Å². The number of amides is 2. The van der Waals surface area contributed by atoms with Gasteiger partial charge in [0.2, 0.25) is 0 Å². The average Bonchev–Trinajstić information content (AvgIpc) is 2.75. The molecule has 2 amide bonds. The molecule has 0 radical (unpaired) electrons. The number of hydrogen-bond acceptors (Lipinski definition) is 3. The molecular formula is C24H26N2O3. The highest BCUT2D eigenvalue weighted by Crippen LogP contribution is 2.27. The second-order valence-corrected chi connectivity index (χ2v) is 7.35. The minimum Gasteiger partial charge on any atom is -0.310 e. The number of hydroxylamine groups is 1. The molecular weight excluding hydrogens is 364 g/mol. The Morgan fingerprint density at radius 1 is 0.931 bits per heavy atom. The van der Waals surface area contributed by atoms with Gasteiger partial charge in [0, 0.05) is 11.9 Å². The Morgan fingerprint density at radius 3 is 2.31 bits per heavy atom. The van der Waals surface area contributed by atoms with E-state index in [0.717, 1.165) is 22.0 Å². The van der Waals surface area contributed by atoms with Crippen LogP contribution in [0.2, 0.25) is 0 Å². The lowest BCUT2D eigenvalue weighted by molar-refractivity contribution is -0.142. The van der Waals surface area contributed by atoms with E-state index >= 15 is 0 Å². The van der Waals surface area contributed by atoms with Crippen molar-refractivity contribution in [1.29, 1.82) is 0 Å². The lowest BCUT2D eigenvalue weighted by atomic mass is 9.84. The third-order valence-electron chi connectivity index (χ3n) is 5.10. The molecule has 0 spiro atoms. The summed E-state index contributed by atoms with van der Waals surface area (Å²) in [6.07, 6.45) is 0. The summed E-state index contributed by atoms with van der Waals surface area (Å²) in [5.74, 6) is -0.522. The molecule has 0 aliphatic carbocycles. The zero-order valence-electron chi connectivity index (χ0n) is 17.0. The van der Waals surface area contributed by atoms with E-state index in [1.54, 1.807) is 4.90 Å². The van der Waals surface area contributed by atoms with Crippen molar-refractivity contribution < 1.29 is 14.4 Å². The molecule has 0 aromatic heterocycles. The van der Waals surface area contributed by atoms with Gasteiger partial charge in [-0.25, -0.2) is 5.48 Å². The zero-order valence-corrected chi connectivity index (χ0v) is 17.0. The molecule has 0 saturated carbocycles. The average molecular weight is 390 g/mol. The number of likely N-dealkylation sites (N-methyl/N-ethyl adjacent to an activating group) is 1. The van der Waals surface area contributed by atoms with Gasteiger partial charge < -0.3 is 4.90 Å². The summed E-state index contributed by atoms with van der Waals surface area (Å²) in [5.41, 5.74) is 3.36. The van der Waals surface area contributed by atoms with Gasteiger partial charge >= 0.3 is 0 Å². The maximum absolute atomic E-state index is 12.8. The number of rotatable bonds is 7. The molecule has 0 heterocycles. The fourth-order valence-corrected chi connectivity index (χ4v) is 3.28. The molecule has 0 unspecified atom stereocenters. The van der Waals surface area contributed by atoms with E-state index < -0.39 is 5.41 Å². The van der Waals surface area contributed by atoms with Crippen LogP contribution in [0.4, 0.5) is 5.69 Å². The van der Waals surface area contributed by atoms with Crippen LogP contribution in [0, 0.1) is 0 Å². The predicted molar refractivity (Wildman–Crippen MR) is 116 cm³/mol. The van der Waals surface area contributed by atoms with Crippen molar-refractivity contribution in [1.82, 2.24) is 5.48 Å². The molecule has 0 aliphatic heterocycles. The van der Waals surface area contributed by atoms with E-state index in [2.05, 4.69) is 5.48 Å². The molecule has 0 bridgehead atoms. The van der Waals surface area contributed by atoms with Gasteiger partial charge in [0.25, 0.3) is 11.8 Å². The predicted octanol–water partition coefficient (Wildman–Crippen LogP) is 4.22. The van der Waals surface area contributed by atoms with E-state index in [-0.39, 0.29) is 18.4 Å². The minimum absolute atomic E-state index is 0.221. The number of fused-ring (bicyclic) bond motifs is 1. The van der Waals surface area contributed by atoms with Gasteiger partial charge in [-0.2, -0.15) is 0 Å². The van der Waals surface area contributed by atoms with Crippen LogP contribution in [0.25, 0.3) is 10.8 Å². The van der Waals surface area contributed by atoms with Crippen molar-refractivity contribution in [3.8, 4) is 0 Å². The number of hydrogen-bond donors (Lipinski definition) is 1. The molecule has 0 saturated heterocycles. The Bertz CT molecular complexity index is 994. The summed E-state index contributed by atoms with van der Waals surface area (Å²) >= 11 is 0. The monoisotopic (exact) mass is 390 g/mol. The van der Waals surface area contributed by atoms with Gasteiger partial charge in [-0.15, -0.1) is 0 Å². The zero-order chi connectivity index (χ0) is 20.9. The molecule has 0 fully saturated rings. The second kappa shape index (κ2) is 8.88. The molecule has 3 aromatic carbocycles. The van der Waals surface area contributed by atoms with Crippen molar-refractivity contribution in [2.24, 2.45) is 0 Å². The Hall–Kier alpha value is -3.18. The molecule has 0 aliphatic rings. The molecule has 5 nitrogen and oxygen atoms in total. The third kappa shape index (κ3) is 4.46. The summed E-state index contributed by atoms with van der Waals surface area (Å²) in [5, 5.41) is 2.06. The van der Waals surface area contributed by atoms with E-state index in [9.17, 15) is 9.59 Å². The van der Waals surface area contributed by atoms with Crippen LogP contribution in [0.3, 0.4) is 0 Å². The van der Waals surface area contributed by atoms with Gasteiger partial charge in [-0.3, -0.25) is 14.4 Å². The van der Waals surface area contributed by atoms with E-state index in [1.165, 1.54) is 0 Å². The Balaban J connectivity index is 1.66. The van der Waals surface area contributed by atoms with Crippen molar-refractivity contribution >= 4 is 28.3 Å². The third-order valence-corrected chi connectivity index (χ3v) is 5.10. The standard InChI is InChI=1S/C24H26N2O3/c1-4-26(21-16-10-12-18-11-8-9-15-20(18)21)22(27)17-29-25-23(28)24(2,3)19-13-6-5-7-14-19/h5-16H,4,17H2,1-3H3,(H,25,28). The minimum atomic E-state index is -0.773. The molecule has 3 rings (SSSR count). The molecule has 150 valence electrons. The second-order valence-electron chi connectivity index (χ2n) is 7.35. The highest BCUT2D eigenvalue weighted by Gasteiger charge is 2.30. The first-order chi connectivity index (χ1) is 13.9. The van der Waals surface area contributed by atoms with Crippen molar-refractivity contribution in [3.63, 3.8) is 0 Å². The van der Waals surface area contributed by atoms with Crippen LogP contribution in [0.5, 0.6) is 0 Å². The van der Waals surface area contributed by atoms with Gasteiger partial charge in [-0.1, -0.05) is 66.7 Å². The fourth-order valence-electron chi connectivity index (χ4n) is 3.28. The Morgan fingerprint density at radius 2 is 1.59 bits per heavy atom. The van der Waals surface area contributed by atoms with E-state index in [4.69, 9.17) is 4.84 Å². The number of benzene rings is 3. The Labute approximate surface area is 171 Å². The maximum atomic E-state index is 12.8. The van der Waals surface area contributed by atoms with Gasteiger partial charge in [0.05, 0.1) is 11.1 Å². The largest absolute Gasteiger partial charge is 0.310 e. The molecule has 1 N–H and O–H groups in total. The summed E-state index contributed by atoms with van der Waals surface area (Å²) in [6, 6.07) is 23.2. The first-order valence-electron chi connectivity index (χ1n) is 9.71. The summed E-state index contributed by atoms with van der Waals surface area (Å²) < 4.78 is 0. The molecule has 3 aromatic rings. The Kier molecular flexibility index (Phi) is 6.29.